The van der Waals surface area contributed by atoms with E-state index in [1.165, 1.54) is 0 Å². The van der Waals surface area contributed by atoms with Crippen molar-refractivity contribution in [1.29, 1.82) is 5.26 Å². The number of nitrogens with zero attached hydrogens (tertiary/aromatic N) is 2. The summed E-state index contributed by atoms with van der Waals surface area (Å²) in [6.07, 6.45) is 3.90. The highest BCUT2D eigenvalue weighted by atomic mass is 16.5. The van der Waals surface area contributed by atoms with Crippen LogP contribution in [-0.2, 0) is 6.42 Å². The van der Waals surface area contributed by atoms with Gasteiger partial charge in [0, 0.05) is 23.5 Å². The van der Waals surface area contributed by atoms with E-state index >= 15 is 0 Å². The van der Waals surface area contributed by atoms with Crippen molar-refractivity contribution in [3.8, 4) is 22.9 Å². The maximum absolute atomic E-state index is 8.71. The third-order valence-corrected chi connectivity index (χ3v) is 2.55. The fourth-order valence-corrected chi connectivity index (χ4v) is 1.69. The molecule has 0 aliphatic rings. The Balaban J connectivity index is 2.42. The highest BCUT2D eigenvalue weighted by Crippen LogP contribution is 2.26. The summed E-state index contributed by atoms with van der Waals surface area (Å²) >= 11 is 0. The van der Waals surface area contributed by atoms with Crippen molar-refractivity contribution in [2.75, 3.05) is 7.11 Å². The SMILES string of the molecule is COc1cc(-c2cccnc2)ccc1CC#N. The largest absolute Gasteiger partial charge is 0.496 e. The maximum Gasteiger partial charge on any atom is 0.123 e. The van der Waals surface area contributed by atoms with Gasteiger partial charge in [0.25, 0.3) is 0 Å². The molecule has 0 radical (unpaired) electrons. The first kappa shape index (κ1) is 11.2. The van der Waals surface area contributed by atoms with Crippen molar-refractivity contribution in [3.63, 3.8) is 0 Å². The first-order chi connectivity index (χ1) is 8.35. The third-order valence-electron chi connectivity index (χ3n) is 2.55. The van der Waals surface area contributed by atoms with E-state index in [2.05, 4.69) is 11.1 Å². The molecule has 0 unspecified atom stereocenters. The van der Waals surface area contributed by atoms with Crippen molar-refractivity contribution in [1.82, 2.24) is 4.98 Å². The minimum atomic E-state index is 0.358. The van der Waals surface area contributed by atoms with Gasteiger partial charge in [-0.25, -0.2) is 0 Å². The van der Waals surface area contributed by atoms with Gasteiger partial charge in [0.1, 0.15) is 5.75 Å². The molecule has 0 bridgehead atoms. The first-order valence-corrected chi connectivity index (χ1v) is 5.29. The molecule has 1 aromatic carbocycles. The molecule has 0 aliphatic carbocycles. The van der Waals surface area contributed by atoms with Crippen molar-refractivity contribution in [2.45, 2.75) is 6.42 Å². The lowest BCUT2D eigenvalue weighted by Crippen LogP contribution is -1.92. The number of benzene rings is 1. The highest BCUT2D eigenvalue weighted by Gasteiger charge is 2.05. The fraction of sp³-hybridized carbons (Fsp3) is 0.143. The zero-order valence-electron chi connectivity index (χ0n) is 9.55. The lowest BCUT2D eigenvalue weighted by Gasteiger charge is -2.08. The van der Waals surface area contributed by atoms with Crippen LogP contribution in [0.3, 0.4) is 0 Å². The molecule has 0 saturated carbocycles. The van der Waals surface area contributed by atoms with E-state index in [0.29, 0.717) is 6.42 Å². The molecular weight excluding hydrogens is 212 g/mol. The molecule has 2 rings (SSSR count). The average molecular weight is 224 g/mol. The third kappa shape index (κ3) is 2.43. The smallest absolute Gasteiger partial charge is 0.123 e. The van der Waals surface area contributed by atoms with Crippen LogP contribution in [0.4, 0.5) is 0 Å². The van der Waals surface area contributed by atoms with Gasteiger partial charge in [0.2, 0.25) is 0 Å². The van der Waals surface area contributed by atoms with Gasteiger partial charge in [-0.3, -0.25) is 4.98 Å². The van der Waals surface area contributed by atoms with Gasteiger partial charge >= 0.3 is 0 Å². The second kappa shape index (κ2) is 5.13. The van der Waals surface area contributed by atoms with Gasteiger partial charge in [-0.15, -0.1) is 0 Å². The Bertz CT molecular complexity index is 544. The zero-order valence-corrected chi connectivity index (χ0v) is 9.55. The Morgan fingerprint density at radius 1 is 1.29 bits per heavy atom. The summed E-state index contributed by atoms with van der Waals surface area (Å²) in [4.78, 5) is 4.08. The Kier molecular flexibility index (Phi) is 3.37. The second-order valence-electron chi connectivity index (χ2n) is 3.60. The average Bonchev–Trinajstić information content (AvgIpc) is 2.40. The summed E-state index contributed by atoms with van der Waals surface area (Å²) in [5.74, 6) is 0.743. The quantitative estimate of drug-likeness (QED) is 0.805. The minimum Gasteiger partial charge on any atom is -0.496 e. The molecule has 0 amide bonds. The highest BCUT2D eigenvalue weighted by molar-refractivity contribution is 5.65. The molecule has 0 N–H and O–H groups in total. The van der Waals surface area contributed by atoms with Crippen LogP contribution in [0.25, 0.3) is 11.1 Å². The Morgan fingerprint density at radius 2 is 2.18 bits per heavy atom. The Morgan fingerprint density at radius 3 is 2.82 bits per heavy atom. The van der Waals surface area contributed by atoms with E-state index in [0.717, 1.165) is 22.4 Å². The van der Waals surface area contributed by atoms with E-state index in [9.17, 15) is 0 Å². The predicted molar refractivity (Wildman–Crippen MR) is 65.5 cm³/mol. The molecule has 1 heterocycles. The van der Waals surface area contributed by atoms with Gasteiger partial charge < -0.3 is 4.74 Å². The number of hydrogen-bond donors (Lipinski definition) is 0. The number of pyridine rings is 1. The molecule has 3 nitrogen and oxygen atoms in total. The normalized spacial score (nSPS) is 9.65. The van der Waals surface area contributed by atoms with Gasteiger partial charge in [0.15, 0.2) is 0 Å². The molecule has 0 fully saturated rings. The minimum absolute atomic E-state index is 0.358. The molecule has 3 heteroatoms. The summed E-state index contributed by atoms with van der Waals surface area (Å²) in [5.41, 5.74) is 2.98. The Labute approximate surface area is 100 Å². The summed E-state index contributed by atoms with van der Waals surface area (Å²) in [5, 5.41) is 8.71. The molecule has 84 valence electrons. The lowest BCUT2D eigenvalue weighted by atomic mass is 10.0. The van der Waals surface area contributed by atoms with Gasteiger partial charge in [-0.1, -0.05) is 18.2 Å². The van der Waals surface area contributed by atoms with E-state index in [-0.39, 0.29) is 0 Å². The first-order valence-electron chi connectivity index (χ1n) is 5.29. The van der Waals surface area contributed by atoms with E-state index in [1.807, 2.05) is 30.3 Å². The molecule has 0 spiro atoms. The van der Waals surface area contributed by atoms with Crippen molar-refractivity contribution in [3.05, 3.63) is 48.3 Å². The molecule has 0 atom stereocenters. The summed E-state index contributed by atoms with van der Waals surface area (Å²) < 4.78 is 5.29. The summed E-state index contributed by atoms with van der Waals surface area (Å²) in [6, 6.07) is 11.8. The van der Waals surface area contributed by atoms with E-state index in [4.69, 9.17) is 10.00 Å². The predicted octanol–water partition coefficient (Wildman–Crippen LogP) is 2.82. The molecule has 17 heavy (non-hydrogen) atoms. The maximum atomic E-state index is 8.71. The molecule has 1 aromatic heterocycles. The van der Waals surface area contributed by atoms with Crippen LogP contribution in [0.5, 0.6) is 5.75 Å². The standard InChI is InChI=1S/C14H12N2O/c1-17-14-9-12(5-4-11(14)6-7-15)13-3-2-8-16-10-13/h2-5,8-10H,6H2,1H3. The molecule has 2 aromatic rings. The fourth-order valence-electron chi connectivity index (χ4n) is 1.69. The van der Waals surface area contributed by atoms with Crippen molar-refractivity contribution >= 4 is 0 Å². The zero-order chi connectivity index (χ0) is 12.1. The van der Waals surface area contributed by atoms with Crippen LogP contribution in [0.15, 0.2) is 42.7 Å². The molecule has 0 aliphatic heterocycles. The molecule has 0 saturated heterocycles. The number of nitriles is 1. The lowest BCUT2D eigenvalue weighted by molar-refractivity contribution is 0.411. The van der Waals surface area contributed by atoms with Crippen molar-refractivity contribution < 1.29 is 4.74 Å². The number of hydrogen-bond acceptors (Lipinski definition) is 3. The molecular formula is C14H12N2O. The number of aromatic nitrogens is 1. The topological polar surface area (TPSA) is 45.9 Å². The van der Waals surface area contributed by atoms with Crippen LogP contribution >= 0.6 is 0 Å². The van der Waals surface area contributed by atoms with Gasteiger partial charge in [0.05, 0.1) is 19.6 Å². The van der Waals surface area contributed by atoms with Crippen LogP contribution in [0.1, 0.15) is 5.56 Å². The van der Waals surface area contributed by atoms with Gasteiger partial charge in [-0.05, 0) is 17.7 Å². The van der Waals surface area contributed by atoms with Gasteiger partial charge in [-0.2, -0.15) is 5.26 Å². The van der Waals surface area contributed by atoms with E-state index in [1.54, 1.807) is 19.5 Å². The van der Waals surface area contributed by atoms with E-state index < -0.39 is 0 Å². The van der Waals surface area contributed by atoms with Crippen LogP contribution in [-0.4, -0.2) is 12.1 Å². The Hall–Kier alpha value is -2.34. The number of ether oxygens (including phenoxy) is 1. The second-order valence-corrected chi connectivity index (χ2v) is 3.60. The van der Waals surface area contributed by atoms with Crippen molar-refractivity contribution in [2.24, 2.45) is 0 Å². The van der Waals surface area contributed by atoms with Crippen LogP contribution < -0.4 is 4.74 Å². The van der Waals surface area contributed by atoms with Crippen LogP contribution in [0, 0.1) is 11.3 Å². The summed E-state index contributed by atoms with van der Waals surface area (Å²) in [6.45, 7) is 0. The number of methoxy groups -OCH3 is 1. The number of rotatable bonds is 3. The van der Waals surface area contributed by atoms with Crippen LogP contribution in [0.2, 0.25) is 0 Å². The monoisotopic (exact) mass is 224 g/mol. The summed E-state index contributed by atoms with van der Waals surface area (Å²) in [7, 11) is 1.61.